The molecule has 2 atom stereocenters. The number of nitrogens with one attached hydrogen (secondary N) is 1. The molecule has 0 heterocycles. The van der Waals surface area contributed by atoms with Gasteiger partial charge in [-0.3, -0.25) is 11.3 Å². The van der Waals surface area contributed by atoms with Crippen molar-refractivity contribution in [3.8, 4) is 0 Å². The number of rotatable bonds is 4. The van der Waals surface area contributed by atoms with E-state index in [0.717, 1.165) is 18.4 Å². The third-order valence-electron chi connectivity index (χ3n) is 4.03. The second-order valence-corrected chi connectivity index (χ2v) is 6.00. The second-order valence-electron chi connectivity index (χ2n) is 5.19. The van der Waals surface area contributed by atoms with E-state index in [9.17, 15) is 0 Å². The Morgan fingerprint density at radius 2 is 1.80 bits per heavy atom. The number of benzene rings is 2. The molecule has 0 amide bonds. The lowest BCUT2D eigenvalue weighted by atomic mass is 9.74. The van der Waals surface area contributed by atoms with Crippen LogP contribution in [0.1, 0.15) is 35.1 Å². The lowest BCUT2D eigenvalue weighted by molar-refractivity contribution is 0.435. The molecule has 0 saturated carbocycles. The summed E-state index contributed by atoms with van der Waals surface area (Å²) in [5, 5.41) is 1.32. The Balaban J connectivity index is 1.83. The van der Waals surface area contributed by atoms with Crippen LogP contribution in [0.5, 0.6) is 0 Å². The summed E-state index contributed by atoms with van der Waals surface area (Å²) in [5.41, 5.74) is 6.59. The summed E-state index contributed by atoms with van der Waals surface area (Å²) in [5.74, 6) is 6.24. The van der Waals surface area contributed by atoms with Crippen LogP contribution in [-0.2, 0) is 6.42 Å². The Morgan fingerprint density at radius 3 is 2.45 bits per heavy atom. The van der Waals surface area contributed by atoms with Gasteiger partial charge in [-0.2, -0.15) is 0 Å². The largest absolute Gasteiger partial charge is 0.271 e. The second kappa shape index (κ2) is 5.74. The molecule has 0 aliphatic heterocycles. The number of halogens is 2. The van der Waals surface area contributed by atoms with E-state index in [0.29, 0.717) is 16.0 Å². The first-order chi connectivity index (χ1) is 9.70. The third kappa shape index (κ3) is 2.45. The van der Waals surface area contributed by atoms with Gasteiger partial charge in [0.1, 0.15) is 0 Å². The van der Waals surface area contributed by atoms with Crippen LogP contribution in [0.25, 0.3) is 0 Å². The van der Waals surface area contributed by atoms with Gasteiger partial charge in [-0.1, -0.05) is 53.5 Å². The predicted octanol–water partition coefficient (Wildman–Crippen LogP) is 4.23. The molecule has 0 spiro atoms. The number of hydrogen-bond acceptors (Lipinski definition) is 2. The number of hydrazine groups is 1. The quantitative estimate of drug-likeness (QED) is 0.655. The highest BCUT2D eigenvalue weighted by atomic mass is 35.5. The van der Waals surface area contributed by atoms with Crippen molar-refractivity contribution in [1.29, 1.82) is 0 Å². The zero-order valence-electron chi connectivity index (χ0n) is 10.9. The molecule has 0 bridgehead atoms. The van der Waals surface area contributed by atoms with E-state index in [-0.39, 0.29) is 6.04 Å². The minimum atomic E-state index is -0.0328. The maximum absolute atomic E-state index is 6.27. The lowest BCUT2D eigenvalue weighted by Crippen LogP contribution is -2.32. The van der Waals surface area contributed by atoms with Crippen LogP contribution in [0.15, 0.2) is 42.5 Å². The van der Waals surface area contributed by atoms with E-state index in [1.807, 2.05) is 18.2 Å². The molecule has 3 N–H and O–H groups in total. The molecule has 1 aliphatic carbocycles. The van der Waals surface area contributed by atoms with Gasteiger partial charge in [0.05, 0.1) is 0 Å². The van der Waals surface area contributed by atoms with E-state index in [4.69, 9.17) is 29.0 Å². The van der Waals surface area contributed by atoms with Gasteiger partial charge in [-0.05, 0) is 42.0 Å². The third-order valence-corrected chi connectivity index (χ3v) is 4.69. The molecule has 0 aromatic heterocycles. The zero-order valence-corrected chi connectivity index (χ0v) is 12.5. The van der Waals surface area contributed by atoms with Crippen molar-refractivity contribution in [3.63, 3.8) is 0 Å². The van der Waals surface area contributed by atoms with Gasteiger partial charge in [0.25, 0.3) is 0 Å². The minimum Gasteiger partial charge on any atom is -0.271 e. The first kappa shape index (κ1) is 13.9. The molecule has 2 unspecified atom stereocenters. The Bertz CT molecular complexity index is 607. The molecule has 2 aromatic rings. The normalized spacial score (nSPS) is 18.2. The minimum absolute atomic E-state index is 0.0328. The fourth-order valence-corrected chi connectivity index (χ4v) is 3.63. The van der Waals surface area contributed by atoms with Crippen molar-refractivity contribution in [1.82, 2.24) is 5.43 Å². The summed E-state index contributed by atoms with van der Waals surface area (Å²) in [6.07, 6.45) is 1.99. The molecule has 2 nitrogen and oxygen atoms in total. The highest BCUT2D eigenvalue weighted by molar-refractivity contribution is 6.36. The molecular weight excluding hydrogens is 291 g/mol. The number of hydrogen-bond donors (Lipinski definition) is 2. The van der Waals surface area contributed by atoms with Crippen LogP contribution in [-0.4, -0.2) is 0 Å². The monoisotopic (exact) mass is 306 g/mol. The Labute approximate surface area is 128 Å². The summed E-state index contributed by atoms with van der Waals surface area (Å²) in [6.45, 7) is 0. The SMILES string of the molecule is NNC(CC1Cc2ccccc21)c1c(Cl)cccc1Cl. The van der Waals surface area contributed by atoms with Gasteiger partial charge in [0.15, 0.2) is 0 Å². The van der Waals surface area contributed by atoms with Gasteiger partial charge >= 0.3 is 0 Å². The van der Waals surface area contributed by atoms with Crippen LogP contribution >= 0.6 is 23.2 Å². The summed E-state index contributed by atoms with van der Waals surface area (Å²) in [4.78, 5) is 0. The van der Waals surface area contributed by atoms with Crippen LogP contribution < -0.4 is 11.3 Å². The van der Waals surface area contributed by atoms with Gasteiger partial charge < -0.3 is 0 Å². The molecular formula is C16H16Cl2N2. The van der Waals surface area contributed by atoms with Gasteiger partial charge in [0, 0.05) is 21.7 Å². The molecule has 20 heavy (non-hydrogen) atoms. The molecule has 0 radical (unpaired) electrons. The van der Waals surface area contributed by atoms with E-state index < -0.39 is 0 Å². The highest BCUT2D eigenvalue weighted by Crippen LogP contribution is 2.42. The molecule has 0 fully saturated rings. The molecule has 104 valence electrons. The highest BCUT2D eigenvalue weighted by Gasteiger charge is 2.29. The molecule has 4 heteroatoms. The van der Waals surface area contributed by atoms with E-state index in [2.05, 4.69) is 29.7 Å². The lowest BCUT2D eigenvalue weighted by Gasteiger charge is -2.33. The zero-order chi connectivity index (χ0) is 14.1. The maximum atomic E-state index is 6.27. The average molecular weight is 307 g/mol. The fraction of sp³-hybridized carbons (Fsp3) is 0.250. The Hall–Kier alpha value is -1.06. The summed E-state index contributed by atoms with van der Waals surface area (Å²) in [6, 6.07) is 14.0. The smallest absolute Gasteiger partial charge is 0.0495 e. The van der Waals surface area contributed by atoms with Gasteiger partial charge in [-0.15, -0.1) is 0 Å². The van der Waals surface area contributed by atoms with Crippen molar-refractivity contribution >= 4 is 23.2 Å². The number of nitrogens with two attached hydrogens (primary N) is 1. The summed E-state index contributed by atoms with van der Waals surface area (Å²) in [7, 11) is 0. The Kier molecular flexibility index (Phi) is 3.99. The van der Waals surface area contributed by atoms with Crippen molar-refractivity contribution in [3.05, 3.63) is 69.2 Å². The first-order valence-corrected chi connectivity index (χ1v) is 7.44. The first-order valence-electron chi connectivity index (χ1n) is 6.68. The van der Waals surface area contributed by atoms with E-state index >= 15 is 0 Å². The standard InChI is InChI=1S/C16H16Cl2N2/c17-13-6-3-7-14(18)16(13)15(20-19)9-11-8-10-4-1-2-5-12(10)11/h1-7,11,15,20H,8-9,19H2. The average Bonchev–Trinajstić information content (AvgIpc) is 2.42. The van der Waals surface area contributed by atoms with Crippen molar-refractivity contribution < 1.29 is 0 Å². The van der Waals surface area contributed by atoms with Crippen LogP contribution in [0.2, 0.25) is 10.0 Å². The van der Waals surface area contributed by atoms with Crippen molar-refractivity contribution in [2.75, 3.05) is 0 Å². The molecule has 3 rings (SSSR count). The molecule has 0 saturated heterocycles. The Morgan fingerprint density at radius 1 is 1.10 bits per heavy atom. The van der Waals surface area contributed by atoms with Gasteiger partial charge in [-0.25, -0.2) is 0 Å². The van der Waals surface area contributed by atoms with Gasteiger partial charge in [0.2, 0.25) is 0 Å². The van der Waals surface area contributed by atoms with Crippen molar-refractivity contribution in [2.45, 2.75) is 24.8 Å². The predicted molar refractivity (Wildman–Crippen MR) is 84.0 cm³/mol. The summed E-state index contributed by atoms with van der Waals surface area (Å²) < 4.78 is 0. The number of fused-ring (bicyclic) bond motifs is 1. The van der Waals surface area contributed by atoms with Crippen molar-refractivity contribution in [2.24, 2.45) is 5.84 Å². The molecule has 2 aromatic carbocycles. The topological polar surface area (TPSA) is 38.0 Å². The van der Waals surface area contributed by atoms with E-state index in [1.165, 1.54) is 11.1 Å². The van der Waals surface area contributed by atoms with Crippen LogP contribution in [0.3, 0.4) is 0 Å². The maximum Gasteiger partial charge on any atom is 0.0495 e. The van der Waals surface area contributed by atoms with Crippen LogP contribution in [0, 0.1) is 0 Å². The summed E-state index contributed by atoms with van der Waals surface area (Å²) >= 11 is 12.5. The van der Waals surface area contributed by atoms with Crippen LogP contribution in [0.4, 0.5) is 0 Å². The van der Waals surface area contributed by atoms with E-state index in [1.54, 1.807) is 0 Å². The fourth-order valence-electron chi connectivity index (χ4n) is 2.97. The molecule has 1 aliphatic rings.